The van der Waals surface area contributed by atoms with E-state index in [9.17, 15) is 0 Å². The lowest BCUT2D eigenvalue weighted by Crippen LogP contribution is -2.21. The molecule has 0 saturated heterocycles. The van der Waals surface area contributed by atoms with Crippen LogP contribution in [0.25, 0.3) is 0 Å². The summed E-state index contributed by atoms with van der Waals surface area (Å²) in [4.78, 5) is 0. The molecule has 2 rings (SSSR count). The molecular formula is C13H17ClN2O. The average molecular weight is 253 g/mol. The number of aryl methyl sites for hydroxylation is 1. The summed E-state index contributed by atoms with van der Waals surface area (Å²) in [6, 6.07) is 5.61. The van der Waals surface area contributed by atoms with Crippen LogP contribution in [0.15, 0.2) is 18.2 Å². The zero-order valence-corrected chi connectivity index (χ0v) is 10.7. The number of hydrogen-bond donors (Lipinski definition) is 2. The van der Waals surface area contributed by atoms with Crippen molar-refractivity contribution in [2.24, 2.45) is 11.1 Å². The molecule has 1 aliphatic carbocycles. The maximum Gasteiger partial charge on any atom is 0.122 e. The Morgan fingerprint density at radius 2 is 2.24 bits per heavy atom. The van der Waals surface area contributed by atoms with Gasteiger partial charge in [0.05, 0.1) is 12.4 Å². The molecular weight excluding hydrogens is 236 g/mol. The van der Waals surface area contributed by atoms with Gasteiger partial charge >= 0.3 is 0 Å². The van der Waals surface area contributed by atoms with Crippen molar-refractivity contribution in [3.05, 3.63) is 28.8 Å². The summed E-state index contributed by atoms with van der Waals surface area (Å²) in [5.74, 6) is 1.11. The third kappa shape index (κ3) is 3.13. The molecule has 0 aromatic heterocycles. The van der Waals surface area contributed by atoms with Crippen LogP contribution in [0.3, 0.4) is 0 Å². The number of nitrogens with one attached hydrogen (secondary N) is 1. The lowest BCUT2D eigenvalue weighted by molar-refractivity contribution is 0.237. The predicted molar refractivity (Wildman–Crippen MR) is 69.9 cm³/mol. The van der Waals surface area contributed by atoms with Gasteiger partial charge in [-0.05, 0) is 43.5 Å². The Balaban J connectivity index is 1.96. The highest BCUT2D eigenvalue weighted by molar-refractivity contribution is 6.30. The fraction of sp³-hybridized carbons (Fsp3) is 0.462. The number of nitrogens with two attached hydrogens (primary N) is 1. The van der Waals surface area contributed by atoms with Gasteiger partial charge in [0.15, 0.2) is 0 Å². The maximum absolute atomic E-state index is 7.35. The van der Waals surface area contributed by atoms with E-state index in [1.54, 1.807) is 0 Å². The lowest BCUT2D eigenvalue weighted by atomic mass is 10.0. The van der Waals surface area contributed by atoms with E-state index in [-0.39, 0.29) is 11.3 Å². The van der Waals surface area contributed by atoms with E-state index in [0.717, 1.165) is 29.2 Å². The second kappa shape index (κ2) is 4.57. The number of ether oxygens (including phenoxy) is 1. The Hall–Kier alpha value is -1.22. The summed E-state index contributed by atoms with van der Waals surface area (Å²) in [7, 11) is 0. The van der Waals surface area contributed by atoms with Crippen molar-refractivity contribution in [3.8, 4) is 5.75 Å². The molecule has 0 atom stereocenters. The first-order valence-corrected chi connectivity index (χ1v) is 6.10. The Morgan fingerprint density at radius 3 is 2.76 bits per heavy atom. The number of rotatable bonds is 5. The van der Waals surface area contributed by atoms with Crippen molar-refractivity contribution in [1.82, 2.24) is 0 Å². The molecule has 1 aromatic rings. The van der Waals surface area contributed by atoms with Gasteiger partial charge in [0.2, 0.25) is 0 Å². The van der Waals surface area contributed by atoms with E-state index in [1.165, 1.54) is 0 Å². The Kier molecular flexibility index (Phi) is 3.29. The molecule has 0 unspecified atom stereocenters. The van der Waals surface area contributed by atoms with Crippen LogP contribution in [0.2, 0.25) is 5.02 Å². The first-order chi connectivity index (χ1) is 8.01. The van der Waals surface area contributed by atoms with E-state index in [4.69, 9.17) is 27.5 Å². The molecule has 0 aliphatic heterocycles. The first-order valence-electron chi connectivity index (χ1n) is 5.73. The molecule has 1 fully saturated rings. The van der Waals surface area contributed by atoms with Crippen LogP contribution in [0, 0.1) is 17.7 Å². The number of benzene rings is 1. The Labute approximate surface area is 106 Å². The lowest BCUT2D eigenvalue weighted by Gasteiger charge is -2.16. The van der Waals surface area contributed by atoms with Gasteiger partial charge in [0.25, 0.3) is 0 Å². The highest BCUT2D eigenvalue weighted by Crippen LogP contribution is 2.49. The zero-order chi connectivity index (χ0) is 12.5. The van der Waals surface area contributed by atoms with Crippen molar-refractivity contribution in [1.29, 1.82) is 5.41 Å². The minimum absolute atomic E-state index is 0.109. The largest absolute Gasteiger partial charge is 0.493 e. The van der Waals surface area contributed by atoms with Gasteiger partial charge < -0.3 is 10.5 Å². The molecule has 1 saturated carbocycles. The van der Waals surface area contributed by atoms with E-state index in [2.05, 4.69) is 0 Å². The minimum atomic E-state index is 0.109. The third-order valence-electron chi connectivity index (χ3n) is 3.19. The van der Waals surface area contributed by atoms with Gasteiger partial charge in [0, 0.05) is 16.9 Å². The Bertz CT molecular complexity index is 441. The standard InChI is InChI=1S/C13H17ClN2O/c1-9-6-10(14)2-3-11(9)17-8-13(4-5-13)7-12(15)16/h2-3,6H,4-5,7-8H2,1H3,(H3,15,16). The van der Waals surface area contributed by atoms with Crippen molar-refractivity contribution >= 4 is 17.4 Å². The minimum Gasteiger partial charge on any atom is -0.493 e. The number of hydrogen-bond acceptors (Lipinski definition) is 2. The second-order valence-corrected chi connectivity index (χ2v) is 5.34. The maximum atomic E-state index is 7.35. The summed E-state index contributed by atoms with van der Waals surface area (Å²) < 4.78 is 5.81. The molecule has 0 radical (unpaired) electrons. The first kappa shape index (κ1) is 12.2. The van der Waals surface area contributed by atoms with Gasteiger partial charge in [-0.25, -0.2) is 0 Å². The van der Waals surface area contributed by atoms with Crippen LogP contribution in [-0.2, 0) is 0 Å². The summed E-state index contributed by atoms with van der Waals surface area (Å²) in [5, 5.41) is 8.07. The van der Waals surface area contributed by atoms with Gasteiger partial charge in [-0.15, -0.1) is 0 Å². The van der Waals surface area contributed by atoms with Crippen LogP contribution in [0.4, 0.5) is 0 Å². The summed E-state index contributed by atoms with van der Waals surface area (Å²) in [5.41, 5.74) is 6.59. The van der Waals surface area contributed by atoms with Gasteiger partial charge in [-0.2, -0.15) is 0 Å². The molecule has 4 heteroatoms. The highest BCUT2D eigenvalue weighted by Gasteiger charge is 2.44. The molecule has 0 bridgehead atoms. The summed E-state index contributed by atoms with van der Waals surface area (Å²) >= 11 is 5.89. The molecule has 3 nitrogen and oxygen atoms in total. The zero-order valence-electron chi connectivity index (χ0n) is 9.92. The number of amidine groups is 1. The monoisotopic (exact) mass is 252 g/mol. The Morgan fingerprint density at radius 1 is 1.53 bits per heavy atom. The van der Waals surface area contributed by atoms with Crippen LogP contribution < -0.4 is 10.5 Å². The highest BCUT2D eigenvalue weighted by atomic mass is 35.5. The molecule has 0 amide bonds. The summed E-state index contributed by atoms with van der Waals surface area (Å²) in [6.07, 6.45) is 2.83. The molecule has 0 spiro atoms. The van der Waals surface area contributed by atoms with Crippen molar-refractivity contribution in [2.45, 2.75) is 26.2 Å². The molecule has 0 heterocycles. The van der Waals surface area contributed by atoms with Gasteiger partial charge in [0.1, 0.15) is 5.75 Å². The predicted octanol–water partition coefficient (Wildman–Crippen LogP) is 3.13. The SMILES string of the molecule is Cc1cc(Cl)ccc1OCC1(CC(=N)N)CC1. The van der Waals surface area contributed by atoms with Crippen LogP contribution in [0.5, 0.6) is 5.75 Å². The van der Waals surface area contributed by atoms with Crippen molar-refractivity contribution in [3.63, 3.8) is 0 Å². The van der Waals surface area contributed by atoms with Crippen LogP contribution in [-0.4, -0.2) is 12.4 Å². The van der Waals surface area contributed by atoms with E-state index >= 15 is 0 Å². The quantitative estimate of drug-likeness (QED) is 0.625. The topological polar surface area (TPSA) is 59.1 Å². The second-order valence-electron chi connectivity index (χ2n) is 4.90. The normalized spacial score (nSPS) is 16.6. The average Bonchev–Trinajstić information content (AvgIpc) is 2.96. The van der Waals surface area contributed by atoms with Gasteiger partial charge in [-0.1, -0.05) is 11.6 Å². The molecule has 1 aliphatic rings. The molecule has 3 N–H and O–H groups in total. The third-order valence-corrected chi connectivity index (χ3v) is 3.43. The van der Waals surface area contributed by atoms with Crippen LogP contribution >= 0.6 is 11.6 Å². The van der Waals surface area contributed by atoms with Gasteiger partial charge in [-0.3, -0.25) is 5.41 Å². The van der Waals surface area contributed by atoms with E-state index < -0.39 is 0 Å². The molecule has 92 valence electrons. The van der Waals surface area contributed by atoms with E-state index in [1.807, 2.05) is 25.1 Å². The van der Waals surface area contributed by atoms with Crippen LogP contribution in [0.1, 0.15) is 24.8 Å². The van der Waals surface area contributed by atoms with E-state index in [0.29, 0.717) is 13.0 Å². The summed E-state index contributed by atoms with van der Waals surface area (Å²) in [6.45, 7) is 2.61. The molecule has 17 heavy (non-hydrogen) atoms. The fourth-order valence-electron chi connectivity index (χ4n) is 1.96. The van der Waals surface area contributed by atoms with Crippen molar-refractivity contribution < 1.29 is 4.74 Å². The number of halogens is 1. The smallest absolute Gasteiger partial charge is 0.122 e. The fourth-order valence-corrected chi connectivity index (χ4v) is 2.19. The molecule has 1 aromatic carbocycles. The van der Waals surface area contributed by atoms with Crippen molar-refractivity contribution in [2.75, 3.05) is 6.61 Å².